The highest BCUT2D eigenvalue weighted by Gasteiger charge is 2.26. The first kappa shape index (κ1) is 15.2. The number of halogens is 1. The van der Waals surface area contributed by atoms with E-state index < -0.39 is 4.92 Å². The summed E-state index contributed by atoms with van der Waals surface area (Å²) in [6.45, 7) is 1.44. The molecule has 1 aliphatic rings. The van der Waals surface area contributed by atoms with Gasteiger partial charge in [-0.05, 0) is 12.5 Å². The number of nitro groups is 1. The van der Waals surface area contributed by atoms with E-state index in [9.17, 15) is 10.1 Å². The fourth-order valence-electron chi connectivity index (χ4n) is 2.45. The molecule has 120 valence electrons. The van der Waals surface area contributed by atoms with Crippen molar-refractivity contribution in [2.24, 2.45) is 0 Å². The lowest BCUT2D eigenvalue weighted by molar-refractivity contribution is -0.385. The predicted octanol–water partition coefficient (Wildman–Crippen LogP) is 1.71. The van der Waals surface area contributed by atoms with Gasteiger partial charge >= 0.3 is 0 Å². The Labute approximate surface area is 136 Å². The Balaban J connectivity index is 1.66. The van der Waals surface area contributed by atoms with Crippen LogP contribution in [0, 0.1) is 10.1 Å². The third-order valence-corrected chi connectivity index (χ3v) is 3.96. The number of hydrogen-bond donors (Lipinski definition) is 2. The standard InChI is InChI=1S/C13H14ClN7O2/c14-11-12(15)17-7-18-13(11)20-4-3-8(6-20)19-10-2-1-9(5-16-10)21(22)23/h1-2,5,7-8H,3-4,6H2,(H,16,19)(H2,15,17,18). The van der Waals surface area contributed by atoms with E-state index in [0.717, 1.165) is 13.0 Å². The molecule has 0 aliphatic carbocycles. The Morgan fingerprint density at radius 2 is 2.22 bits per heavy atom. The zero-order valence-corrected chi connectivity index (χ0v) is 12.8. The lowest BCUT2D eigenvalue weighted by Gasteiger charge is -2.19. The summed E-state index contributed by atoms with van der Waals surface area (Å²) in [6, 6.07) is 3.15. The highest BCUT2D eigenvalue weighted by Crippen LogP contribution is 2.29. The molecule has 2 aromatic rings. The van der Waals surface area contributed by atoms with Crippen molar-refractivity contribution in [3.63, 3.8) is 0 Å². The molecule has 0 spiro atoms. The maximum absolute atomic E-state index is 10.6. The highest BCUT2D eigenvalue weighted by atomic mass is 35.5. The SMILES string of the molecule is Nc1ncnc(N2CCC(Nc3ccc([N+](=O)[O-])cn3)C2)c1Cl. The molecule has 0 amide bonds. The average molecular weight is 336 g/mol. The normalized spacial score (nSPS) is 17.3. The number of nitrogen functional groups attached to an aromatic ring is 1. The minimum absolute atomic E-state index is 0.0353. The van der Waals surface area contributed by atoms with Crippen LogP contribution in [0.3, 0.4) is 0 Å². The predicted molar refractivity (Wildman–Crippen MR) is 86.6 cm³/mol. The van der Waals surface area contributed by atoms with Gasteiger partial charge in [0.2, 0.25) is 0 Å². The molecule has 0 radical (unpaired) electrons. The third-order valence-electron chi connectivity index (χ3n) is 3.60. The van der Waals surface area contributed by atoms with Gasteiger partial charge in [-0.15, -0.1) is 0 Å². The molecule has 1 fully saturated rings. The van der Waals surface area contributed by atoms with E-state index in [-0.39, 0.29) is 17.5 Å². The van der Waals surface area contributed by atoms with E-state index >= 15 is 0 Å². The summed E-state index contributed by atoms with van der Waals surface area (Å²) in [5.41, 5.74) is 5.66. The van der Waals surface area contributed by atoms with Crippen LogP contribution in [0.2, 0.25) is 5.02 Å². The number of nitrogens with one attached hydrogen (secondary N) is 1. The van der Waals surface area contributed by atoms with Crippen LogP contribution in [0.1, 0.15) is 6.42 Å². The van der Waals surface area contributed by atoms with Crippen molar-refractivity contribution < 1.29 is 4.92 Å². The summed E-state index contributed by atoms with van der Waals surface area (Å²) < 4.78 is 0. The zero-order valence-electron chi connectivity index (χ0n) is 12.0. The molecule has 0 aromatic carbocycles. The van der Waals surface area contributed by atoms with Crippen LogP contribution >= 0.6 is 11.6 Å². The zero-order chi connectivity index (χ0) is 16.4. The van der Waals surface area contributed by atoms with E-state index in [1.807, 2.05) is 4.90 Å². The van der Waals surface area contributed by atoms with Gasteiger partial charge in [0.25, 0.3) is 5.69 Å². The molecule has 0 saturated carbocycles. The number of anilines is 3. The average Bonchev–Trinajstić information content (AvgIpc) is 2.99. The Morgan fingerprint density at radius 1 is 1.39 bits per heavy atom. The van der Waals surface area contributed by atoms with Crippen molar-refractivity contribution >= 4 is 34.7 Å². The van der Waals surface area contributed by atoms with Crippen LogP contribution in [0.4, 0.5) is 23.1 Å². The van der Waals surface area contributed by atoms with E-state index in [1.165, 1.54) is 18.6 Å². The summed E-state index contributed by atoms with van der Waals surface area (Å²) in [4.78, 5) is 24.2. The number of aromatic nitrogens is 3. The summed E-state index contributed by atoms with van der Waals surface area (Å²) in [5.74, 6) is 1.46. The number of nitrogens with two attached hydrogens (primary N) is 1. The van der Waals surface area contributed by atoms with Gasteiger partial charge in [-0.25, -0.2) is 15.0 Å². The van der Waals surface area contributed by atoms with Crippen LogP contribution in [0.5, 0.6) is 0 Å². The molecule has 2 aromatic heterocycles. The number of rotatable bonds is 4. The molecule has 3 rings (SSSR count). The van der Waals surface area contributed by atoms with E-state index in [4.69, 9.17) is 17.3 Å². The maximum atomic E-state index is 10.6. The molecule has 1 saturated heterocycles. The second-order valence-electron chi connectivity index (χ2n) is 5.13. The Morgan fingerprint density at radius 3 is 2.91 bits per heavy atom. The van der Waals surface area contributed by atoms with Crippen molar-refractivity contribution in [1.82, 2.24) is 15.0 Å². The van der Waals surface area contributed by atoms with E-state index in [2.05, 4.69) is 20.3 Å². The van der Waals surface area contributed by atoms with Crippen molar-refractivity contribution in [2.45, 2.75) is 12.5 Å². The summed E-state index contributed by atoms with van der Waals surface area (Å²) in [5, 5.41) is 14.2. The van der Waals surface area contributed by atoms with Crippen molar-refractivity contribution in [3.8, 4) is 0 Å². The molecule has 3 N–H and O–H groups in total. The smallest absolute Gasteiger partial charge is 0.287 e. The van der Waals surface area contributed by atoms with Crippen LogP contribution < -0.4 is 16.0 Å². The minimum atomic E-state index is -0.477. The minimum Gasteiger partial charge on any atom is -0.382 e. The van der Waals surface area contributed by atoms with Crippen molar-refractivity contribution in [1.29, 1.82) is 0 Å². The quantitative estimate of drug-likeness (QED) is 0.639. The van der Waals surface area contributed by atoms with Crippen molar-refractivity contribution in [3.05, 3.63) is 39.8 Å². The topological polar surface area (TPSA) is 123 Å². The molecule has 23 heavy (non-hydrogen) atoms. The second-order valence-corrected chi connectivity index (χ2v) is 5.51. The number of nitrogens with zero attached hydrogens (tertiary/aromatic N) is 5. The molecule has 1 atom stereocenters. The largest absolute Gasteiger partial charge is 0.382 e. The van der Waals surface area contributed by atoms with Gasteiger partial charge < -0.3 is 16.0 Å². The summed E-state index contributed by atoms with van der Waals surface area (Å²) in [7, 11) is 0. The molecule has 9 nitrogen and oxygen atoms in total. The third kappa shape index (κ3) is 3.24. The molecule has 1 unspecified atom stereocenters. The van der Waals surface area contributed by atoms with Gasteiger partial charge in [0.05, 0.1) is 4.92 Å². The number of pyridine rings is 1. The van der Waals surface area contributed by atoms with Crippen molar-refractivity contribution in [2.75, 3.05) is 29.0 Å². The fraction of sp³-hybridized carbons (Fsp3) is 0.308. The molecule has 1 aliphatic heterocycles. The first-order valence-corrected chi connectivity index (χ1v) is 7.30. The molecule has 10 heteroatoms. The maximum Gasteiger partial charge on any atom is 0.287 e. The Kier molecular flexibility index (Phi) is 4.11. The van der Waals surface area contributed by atoms with Gasteiger partial charge in [-0.3, -0.25) is 10.1 Å². The summed E-state index contributed by atoms with van der Waals surface area (Å²) in [6.07, 6.45) is 3.48. The lowest BCUT2D eigenvalue weighted by atomic mass is 10.2. The second kappa shape index (κ2) is 6.21. The molecule has 3 heterocycles. The van der Waals surface area contributed by atoms with Crippen LogP contribution in [0.15, 0.2) is 24.7 Å². The van der Waals surface area contributed by atoms with E-state index in [1.54, 1.807) is 6.07 Å². The fourth-order valence-corrected chi connectivity index (χ4v) is 2.67. The monoisotopic (exact) mass is 335 g/mol. The summed E-state index contributed by atoms with van der Waals surface area (Å²) >= 11 is 6.14. The van der Waals surface area contributed by atoms with Gasteiger partial charge in [-0.2, -0.15) is 0 Å². The lowest BCUT2D eigenvalue weighted by Crippen LogP contribution is -2.27. The van der Waals surface area contributed by atoms with E-state index in [0.29, 0.717) is 23.2 Å². The molecular weight excluding hydrogens is 322 g/mol. The van der Waals surface area contributed by atoms with Crippen LogP contribution in [0.25, 0.3) is 0 Å². The Bertz CT molecular complexity index is 725. The number of hydrogen-bond acceptors (Lipinski definition) is 8. The first-order valence-electron chi connectivity index (χ1n) is 6.92. The molecular formula is C13H14ClN7O2. The molecule has 0 bridgehead atoms. The Hall–Kier alpha value is -2.68. The van der Waals surface area contributed by atoms with Crippen LogP contribution in [-0.4, -0.2) is 39.0 Å². The van der Waals surface area contributed by atoms with Crippen LogP contribution in [-0.2, 0) is 0 Å². The van der Waals surface area contributed by atoms with Gasteiger partial charge in [0.1, 0.15) is 29.2 Å². The van der Waals surface area contributed by atoms with Gasteiger partial charge in [0.15, 0.2) is 5.82 Å². The highest BCUT2D eigenvalue weighted by molar-refractivity contribution is 6.35. The van der Waals surface area contributed by atoms with Gasteiger partial charge in [0, 0.05) is 25.2 Å². The van der Waals surface area contributed by atoms with Gasteiger partial charge in [-0.1, -0.05) is 11.6 Å². The first-order chi connectivity index (χ1) is 11.0.